The molecule has 0 saturated heterocycles. The average Bonchev–Trinajstić information content (AvgIpc) is 2.57. The lowest BCUT2D eigenvalue weighted by atomic mass is 10.1. The van der Waals surface area contributed by atoms with Crippen LogP contribution >= 0.6 is 11.6 Å². The van der Waals surface area contributed by atoms with Crippen molar-refractivity contribution in [2.75, 3.05) is 11.9 Å². The number of carbonyl (C=O) groups excluding carboxylic acids is 2. The predicted molar refractivity (Wildman–Crippen MR) is 85.6 cm³/mol. The molecule has 0 fully saturated rings. The number of nitrogens with zero attached hydrogens (tertiary/aromatic N) is 1. The van der Waals surface area contributed by atoms with E-state index in [1.807, 2.05) is 0 Å². The number of Topliss-reactive ketones (excluding diaryl/α,β-unsaturated/α-hetero) is 1. The molecular formula is C16H10ClF3N2O4. The number of amides is 1. The van der Waals surface area contributed by atoms with Crippen LogP contribution in [0.5, 0.6) is 5.75 Å². The zero-order valence-electron chi connectivity index (χ0n) is 12.9. The Balaban J connectivity index is 1.91. The van der Waals surface area contributed by atoms with Crippen molar-refractivity contribution >= 4 is 29.0 Å². The molecule has 0 aliphatic carbocycles. The Morgan fingerprint density at radius 3 is 2.69 bits per heavy atom. The van der Waals surface area contributed by atoms with E-state index in [2.05, 4.69) is 5.32 Å². The molecule has 26 heavy (non-hydrogen) atoms. The first-order valence-electron chi connectivity index (χ1n) is 7.22. The summed E-state index contributed by atoms with van der Waals surface area (Å²) in [6.45, 7) is -0.797. The van der Waals surface area contributed by atoms with Gasteiger partial charge in [0.15, 0.2) is 12.4 Å². The van der Waals surface area contributed by atoms with Gasteiger partial charge in [-0.05, 0) is 24.3 Å². The summed E-state index contributed by atoms with van der Waals surface area (Å²) >= 11 is 5.56. The number of hydrogen-bond donors (Lipinski definition) is 1. The zero-order chi connectivity index (χ0) is 19.1. The first-order chi connectivity index (χ1) is 12.1. The molecule has 0 bridgehead atoms. The summed E-state index contributed by atoms with van der Waals surface area (Å²) < 4.78 is 44.3. The molecule has 1 amide bonds. The van der Waals surface area contributed by atoms with E-state index in [-0.39, 0.29) is 17.9 Å². The molecule has 1 aromatic heterocycles. The lowest BCUT2D eigenvalue weighted by molar-refractivity contribution is -0.138. The van der Waals surface area contributed by atoms with Crippen LogP contribution in [-0.4, -0.2) is 22.9 Å². The molecule has 0 spiro atoms. The van der Waals surface area contributed by atoms with Crippen LogP contribution in [-0.2, 0) is 17.5 Å². The van der Waals surface area contributed by atoms with Crippen LogP contribution in [0.1, 0.15) is 15.9 Å². The summed E-state index contributed by atoms with van der Waals surface area (Å²) in [7, 11) is 0. The van der Waals surface area contributed by atoms with E-state index in [1.165, 1.54) is 18.2 Å². The summed E-state index contributed by atoms with van der Waals surface area (Å²) in [5.74, 6) is -0.673. The molecule has 0 saturated carbocycles. The molecule has 1 aliphatic rings. The Morgan fingerprint density at radius 1 is 1.27 bits per heavy atom. The van der Waals surface area contributed by atoms with Crippen molar-refractivity contribution in [3.05, 3.63) is 57.0 Å². The molecule has 2 heterocycles. The monoisotopic (exact) mass is 386 g/mol. The second-order valence-corrected chi connectivity index (χ2v) is 5.89. The van der Waals surface area contributed by atoms with Crippen molar-refractivity contribution in [3.8, 4) is 5.75 Å². The number of carbonyl (C=O) groups is 2. The number of nitrogens with one attached hydrogen (secondary N) is 1. The molecule has 2 aromatic rings. The minimum absolute atomic E-state index is 0.0926. The van der Waals surface area contributed by atoms with Crippen LogP contribution in [0, 0.1) is 0 Å². The number of fused-ring (bicyclic) bond motifs is 1. The standard InChI is InChI=1S/C16H10ClF3N2O4/c17-10-4-9(16(18,19)20)5-22(15(10)25)6-12(23)8-1-2-13-11(3-8)21-14(24)7-26-13/h1-5H,6-7H2,(H,21,24). The summed E-state index contributed by atoms with van der Waals surface area (Å²) in [4.78, 5) is 35.6. The smallest absolute Gasteiger partial charge is 0.417 e. The van der Waals surface area contributed by atoms with Gasteiger partial charge < -0.3 is 14.6 Å². The average molecular weight is 387 g/mol. The van der Waals surface area contributed by atoms with Crippen LogP contribution in [0.15, 0.2) is 35.3 Å². The molecule has 1 aromatic carbocycles. The number of anilines is 1. The Morgan fingerprint density at radius 2 is 2.00 bits per heavy atom. The number of hydrogen-bond acceptors (Lipinski definition) is 4. The van der Waals surface area contributed by atoms with Crippen LogP contribution in [0.25, 0.3) is 0 Å². The van der Waals surface area contributed by atoms with Crippen molar-refractivity contribution in [2.24, 2.45) is 0 Å². The molecule has 136 valence electrons. The van der Waals surface area contributed by atoms with Crippen molar-refractivity contribution in [3.63, 3.8) is 0 Å². The summed E-state index contributed by atoms with van der Waals surface area (Å²) in [6.07, 6.45) is -4.18. The molecule has 1 aliphatic heterocycles. The largest absolute Gasteiger partial charge is 0.482 e. The number of alkyl halides is 3. The quantitative estimate of drug-likeness (QED) is 0.823. The highest BCUT2D eigenvalue weighted by molar-refractivity contribution is 6.30. The van der Waals surface area contributed by atoms with Gasteiger partial charge in [-0.1, -0.05) is 11.6 Å². The molecule has 1 N–H and O–H groups in total. The van der Waals surface area contributed by atoms with Gasteiger partial charge in [0.1, 0.15) is 10.8 Å². The van der Waals surface area contributed by atoms with Crippen molar-refractivity contribution in [1.29, 1.82) is 0 Å². The number of pyridine rings is 1. The highest BCUT2D eigenvalue weighted by atomic mass is 35.5. The van der Waals surface area contributed by atoms with Gasteiger partial charge in [-0.15, -0.1) is 0 Å². The van der Waals surface area contributed by atoms with Crippen LogP contribution < -0.4 is 15.6 Å². The summed E-state index contributed by atoms with van der Waals surface area (Å²) in [5, 5.41) is 1.87. The fraction of sp³-hybridized carbons (Fsp3) is 0.188. The minimum atomic E-state index is -4.71. The fourth-order valence-electron chi connectivity index (χ4n) is 2.37. The molecule has 0 atom stereocenters. The number of halogens is 4. The lowest BCUT2D eigenvalue weighted by Crippen LogP contribution is -2.27. The van der Waals surface area contributed by atoms with Gasteiger partial charge in [0.05, 0.1) is 17.8 Å². The number of rotatable bonds is 3. The number of benzene rings is 1. The van der Waals surface area contributed by atoms with Gasteiger partial charge in [0, 0.05) is 11.8 Å². The van der Waals surface area contributed by atoms with E-state index in [0.29, 0.717) is 22.6 Å². The van der Waals surface area contributed by atoms with E-state index < -0.39 is 40.6 Å². The van der Waals surface area contributed by atoms with Gasteiger partial charge in [-0.3, -0.25) is 14.4 Å². The molecule has 6 nitrogen and oxygen atoms in total. The Bertz CT molecular complexity index is 969. The SMILES string of the molecule is O=C1COc2ccc(C(=O)Cn3cc(C(F)(F)F)cc(Cl)c3=O)cc2N1. The third-order valence-electron chi connectivity index (χ3n) is 3.62. The van der Waals surface area contributed by atoms with Crippen molar-refractivity contribution in [1.82, 2.24) is 4.57 Å². The van der Waals surface area contributed by atoms with Crippen molar-refractivity contribution < 1.29 is 27.5 Å². The van der Waals surface area contributed by atoms with E-state index in [9.17, 15) is 27.6 Å². The normalized spacial score (nSPS) is 13.6. The Labute approximate surface area is 149 Å². The topological polar surface area (TPSA) is 77.4 Å². The molecule has 10 heteroatoms. The van der Waals surface area contributed by atoms with E-state index in [0.717, 1.165) is 0 Å². The number of ether oxygens (including phenoxy) is 1. The van der Waals surface area contributed by atoms with Gasteiger partial charge in [0.25, 0.3) is 11.5 Å². The highest BCUT2D eigenvalue weighted by Gasteiger charge is 2.32. The van der Waals surface area contributed by atoms with E-state index in [1.54, 1.807) is 0 Å². The maximum absolute atomic E-state index is 12.9. The summed E-state index contributed by atoms with van der Waals surface area (Å²) in [6, 6.07) is 4.68. The highest BCUT2D eigenvalue weighted by Crippen LogP contribution is 2.30. The second-order valence-electron chi connectivity index (χ2n) is 5.48. The molecular weight excluding hydrogens is 377 g/mol. The van der Waals surface area contributed by atoms with Crippen molar-refractivity contribution in [2.45, 2.75) is 12.7 Å². The van der Waals surface area contributed by atoms with Crippen LogP contribution in [0.4, 0.5) is 18.9 Å². The zero-order valence-corrected chi connectivity index (χ0v) is 13.6. The Kier molecular flexibility index (Phi) is 4.49. The van der Waals surface area contributed by atoms with Gasteiger partial charge in [-0.2, -0.15) is 13.2 Å². The molecule has 0 radical (unpaired) electrons. The maximum atomic E-state index is 12.9. The van der Waals surface area contributed by atoms with Gasteiger partial charge >= 0.3 is 6.18 Å². The third-order valence-corrected chi connectivity index (χ3v) is 3.89. The van der Waals surface area contributed by atoms with E-state index >= 15 is 0 Å². The summed E-state index contributed by atoms with van der Waals surface area (Å²) in [5.41, 5.74) is -1.69. The maximum Gasteiger partial charge on any atom is 0.417 e. The lowest BCUT2D eigenvalue weighted by Gasteiger charge is -2.18. The predicted octanol–water partition coefficient (Wildman–Crippen LogP) is 2.73. The number of aromatic nitrogens is 1. The number of ketones is 1. The first-order valence-corrected chi connectivity index (χ1v) is 7.60. The first kappa shape index (κ1) is 18.0. The van der Waals surface area contributed by atoms with Crippen LogP contribution in [0.2, 0.25) is 5.02 Å². The molecule has 0 unspecified atom stereocenters. The third kappa shape index (κ3) is 3.57. The fourth-order valence-corrected chi connectivity index (χ4v) is 2.60. The van der Waals surface area contributed by atoms with Gasteiger partial charge in [-0.25, -0.2) is 0 Å². The van der Waals surface area contributed by atoms with E-state index in [4.69, 9.17) is 16.3 Å². The Hall–Kier alpha value is -2.81. The minimum Gasteiger partial charge on any atom is -0.482 e. The van der Waals surface area contributed by atoms with Gasteiger partial charge in [0.2, 0.25) is 0 Å². The molecule has 3 rings (SSSR count). The second kappa shape index (κ2) is 6.49. The van der Waals surface area contributed by atoms with Crippen LogP contribution in [0.3, 0.4) is 0 Å².